The van der Waals surface area contributed by atoms with Gasteiger partial charge in [-0.3, -0.25) is 0 Å². The minimum atomic E-state index is -0.993. The number of amides is 2. The first-order valence-corrected chi connectivity index (χ1v) is 6.31. The summed E-state index contributed by atoms with van der Waals surface area (Å²) in [7, 11) is 1.72. The number of benzene rings is 1. The Kier molecular flexibility index (Phi) is 5.36. The normalized spacial score (nSPS) is 10.1. The van der Waals surface area contributed by atoms with E-state index in [2.05, 4.69) is 12.2 Å². The van der Waals surface area contributed by atoms with E-state index in [4.69, 9.17) is 5.11 Å². The summed E-state index contributed by atoms with van der Waals surface area (Å²) in [4.78, 5) is 24.5. The predicted octanol–water partition coefficient (Wildman–Crippen LogP) is 2.96. The Bertz CT molecular complexity index is 472. The van der Waals surface area contributed by atoms with Crippen LogP contribution in [0.5, 0.6) is 0 Å². The molecule has 0 heterocycles. The Balaban J connectivity index is 2.74. The number of hydrogen-bond donors (Lipinski definition) is 2. The monoisotopic (exact) mass is 264 g/mol. The molecule has 19 heavy (non-hydrogen) atoms. The molecule has 0 atom stereocenters. The van der Waals surface area contributed by atoms with Gasteiger partial charge in [0.05, 0.1) is 5.56 Å². The predicted molar refractivity (Wildman–Crippen MR) is 74.7 cm³/mol. The molecule has 0 spiro atoms. The number of carboxylic acids is 1. The van der Waals surface area contributed by atoms with Crippen molar-refractivity contribution >= 4 is 17.7 Å². The highest BCUT2D eigenvalue weighted by Gasteiger charge is 2.11. The zero-order chi connectivity index (χ0) is 14.4. The lowest BCUT2D eigenvalue weighted by Gasteiger charge is -2.17. The van der Waals surface area contributed by atoms with E-state index in [9.17, 15) is 9.59 Å². The second kappa shape index (κ2) is 6.78. The molecule has 0 unspecified atom stereocenters. The molecule has 0 aliphatic rings. The number of carbonyl (C=O) groups excluding carboxylic acids is 1. The van der Waals surface area contributed by atoms with Gasteiger partial charge in [-0.2, -0.15) is 0 Å². The Hall–Kier alpha value is -2.04. The van der Waals surface area contributed by atoms with Crippen LogP contribution in [0, 0.1) is 6.92 Å². The molecule has 0 fully saturated rings. The minimum absolute atomic E-state index is 0.203. The zero-order valence-corrected chi connectivity index (χ0v) is 11.6. The maximum atomic E-state index is 11.9. The fourth-order valence-electron chi connectivity index (χ4n) is 1.65. The third-order valence-electron chi connectivity index (χ3n) is 2.91. The van der Waals surface area contributed by atoms with Gasteiger partial charge in [-0.15, -0.1) is 0 Å². The van der Waals surface area contributed by atoms with Gasteiger partial charge in [-0.25, -0.2) is 9.59 Å². The van der Waals surface area contributed by atoms with Crippen molar-refractivity contribution in [3.63, 3.8) is 0 Å². The molecule has 5 heteroatoms. The summed E-state index contributed by atoms with van der Waals surface area (Å²) in [6, 6.07) is 4.63. The standard InChI is InChI=1S/C14H20N2O3/c1-4-5-8-16(3)14(19)15-11-7-6-10(2)12(9-11)13(17)18/h6-7,9H,4-5,8H2,1-3H3,(H,15,19)(H,17,18). The topological polar surface area (TPSA) is 69.6 Å². The summed E-state index contributed by atoms with van der Waals surface area (Å²) in [6.45, 7) is 4.47. The van der Waals surface area contributed by atoms with E-state index in [0.29, 0.717) is 17.8 Å². The number of anilines is 1. The lowest BCUT2D eigenvalue weighted by atomic mass is 10.1. The van der Waals surface area contributed by atoms with E-state index in [-0.39, 0.29) is 11.6 Å². The van der Waals surface area contributed by atoms with Crippen LogP contribution in [0.25, 0.3) is 0 Å². The molecular formula is C14H20N2O3. The van der Waals surface area contributed by atoms with Crippen molar-refractivity contribution in [3.8, 4) is 0 Å². The van der Waals surface area contributed by atoms with Crippen LogP contribution in [0.15, 0.2) is 18.2 Å². The highest BCUT2D eigenvalue weighted by atomic mass is 16.4. The highest BCUT2D eigenvalue weighted by molar-refractivity contribution is 5.94. The maximum Gasteiger partial charge on any atom is 0.336 e. The van der Waals surface area contributed by atoms with Gasteiger partial charge in [0.15, 0.2) is 0 Å². The SMILES string of the molecule is CCCCN(C)C(=O)Nc1ccc(C)c(C(=O)O)c1. The molecular weight excluding hydrogens is 244 g/mol. The van der Waals surface area contributed by atoms with Gasteiger partial charge in [0.1, 0.15) is 0 Å². The third-order valence-corrected chi connectivity index (χ3v) is 2.91. The Morgan fingerprint density at radius 1 is 1.37 bits per heavy atom. The van der Waals surface area contributed by atoms with Crippen LogP contribution in [-0.2, 0) is 0 Å². The van der Waals surface area contributed by atoms with Crippen LogP contribution < -0.4 is 5.32 Å². The van der Waals surface area contributed by atoms with Gasteiger partial charge >= 0.3 is 12.0 Å². The van der Waals surface area contributed by atoms with E-state index in [0.717, 1.165) is 12.8 Å². The summed E-state index contributed by atoms with van der Waals surface area (Å²) in [5, 5.41) is 11.7. The average Bonchev–Trinajstić information content (AvgIpc) is 2.37. The molecule has 0 saturated heterocycles. The van der Waals surface area contributed by atoms with E-state index >= 15 is 0 Å². The fraction of sp³-hybridized carbons (Fsp3) is 0.429. The minimum Gasteiger partial charge on any atom is -0.478 e. The van der Waals surface area contributed by atoms with Crippen molar-refractivity contribution in [1.29, 1.82) is 0 Å². The first kappa shape index (κ1) is 15.0. The molecule has 0 saturated carbocycles. The number of nitrogens with zero attached hydrogens (tertiary/aromatic N) is 1. The number of aromatic carboxylic acids is 1. The number of urea groups is 1. The van der Waals surface area contributed by atoms with E-state index in [1.54, 1.807) is 31.0 Å². The second-order valence-electron chi connectivity index (χ2n) is 4.54. The summed E-state index contributed by atoms with van der Waals surface area (Å²) >= 11 is 0. The molecule has 0 aliphatic carbocycles. The molecule has 1 rings (SSSR count). The summed E-state index contributed by atoms with van der Waals surface area (Å²) in [5.74, 6) is -0.993. The summed E-state index contributed by atoms with van der Waals surface area (Å²) in [5.41, 5.74) is 1.37. The van der Waals surface area contributed by atoms with Gasteiger partial charge in [0.2, 0.25) is 0 Å². The lowest BCUT2D eigenvalue weighted by Crippen LogP contribution is -2.32. The van der Waals surface area contributed by atoms with E-state index in [1.807, 2.05) is 0 Å². The lowest BCUT2D eigenvalue weighted by molar-refractivity contribution is 0.0696. The van der Waals surface area contributed by atoms with Crippen molar-refractivity contribution in [2.24, 2.45) is 0 Å². The number of unbranched alkanes of at least 4 members (excludes halogenated alkanes) is 1. The number of aryl methyl sites for hydroxylation is 1. The Morgan fingerprint density at radius 2 is 2.05 bits per heavy atom. The average molecular weight is 264 g/mol. The number of hydrogen-bond acceptors (Lipinski definition) is 2. The number of rotatable bonds is 5. The largest absolute Gasteiger partial charge is 0.478 e. The number of carbonyl (C=O) groups is 2. The van der Waals surface area contributed by atoms with Crippen LogP contribution in [0.1, 0.15) is 35.7 Å². The molecule has 2 N–H and O–H groups in total. The van der Waals surface area contributed by atoms with Gasteiger partial charge < -0.3 is 15.3 Å². The fourth-order valence-corrected chi connectivity index (χ4v) is 1.65. The van der Waals surface area contributed by atoms with Crippen LogP contribution in [-0.4, -0.2) is 35.6 Å². The quantitative estimate of drug-likeness (QED) is 0.859. The van der Waals surface area contributed by atoms with Crippen LogP contribution in [0.3, 0.4) is 0 Å². The van der Waals surface area contributed by atoms with Crippen LogP contribution in [0.2, 0.25) is 0 Å². The van der Waals surface area contributed by atoms with Crippen molar-refractivity contribution in [1.82, 2.24) is 4.90 Å². The Labute approximate surface area is 113 Å². The van der Waals surface area contributed by atoms with Crippen LogP contribution >= 0.6 is 0 Å². The first-order valence-electron chi connectivity index (χ1n) is 6.31. The molecule has 0 aliphatic heterocycles. The van der Waals surface area contributed by atoms with Gasteiger partial charge in [0.25, 0.3) is 0 Å². The molecule has 0 radical (unpaired) electrons. The van der Waals surface area contributed by atoms with E-state index < -0.39 is 5.97 Å². The van der Waals surface area contributed by atoms with Crippen LogP contribution in [0.4, 0.5) is 10.5 Å². The molecule has 0 bridgehead atoms. The molecule has 2 amide bonds. The van der Waals surface area contributed by atoms with Crippen molar-refractivity contribution in [2.75, 3.05) is 18.9 Å². The van der Waals surface area contributed by atoms with Gasteiger partial charge in [-0.1, -0.05) is 19.4 Å². The molecule has 104 valence electrons. The summed E-state index contributed by atoms with van der Waals surface area (Å²) in [6.07, 6.45) is 1.96. The Morgan fingerprint density at radius 3 is 2.63 bits per heavy atom. The van der Waals surface area contributed by atoms with Gasteiger partial charge in [0, 0.05) is 19.3 Å². The zero-order valence-electron chi connectivity index (χ0n) is 11.6. The maximum absolute atomic E-state index is 11.9. The van der Waals surface area contributed by atoms with Crippen molar-refractivity contribution < 1.29 is 14.7 Å². The molecule has 0 aromatic heterocycles. The molecule has 1 aromatic carbocycles. The first-order chi connectivity index (χ1) is 8.95. The van der Waals surface area contributed by atoms with Crippen molar-refractivity contribution in [2.45, 2.75) is 26.7 Å². The van der Waals surface area contributed by atoms with Gasteiger partial charge in [-0.05, 0) is 31.0 Å². The molecule has 1 aromatic rings. The van der Waals surface area contributed by atoms with E-state index in [1.165, 1.54) is 6.07 Å². The highest BCUT2D eigenvalue weighted by Crippen LogP contribution is 2.15. The third kappa shape index (κ3) is 4.28. The smallest absolute Gasteiger partial charge is 0.336 e. The number of nitrogens with one attached hydrogen (secondary N) is 1. The molecule has 5 nitrogen and oxygen atoms in total. The number of carboxylic acid groups (broad SMARTS) is 1. The van der Waals surface area contributed by atoms with Crippen molar-refractivity contribution in [3.05, 3.63) is 29.3 Å². The second-order valence-corrected chi connectivity index (χ2v) is 4.54. The summed E-state index contributed by atoms with van der Waals surface area (Å²) < 4.78 is 0.